The van der Waals surface area contributed by atoms with E-state index in [4.69, 9.17) is 0 Å². The lowest BCUT2D eigenvalue weighted by molar-refractivity contribution is 0.0631. The Morgan fingerprint density at radius 1 is 1.05 bits per heavy atom. The van der Waals surface area contributed by atoms with Gasteiger partial charge in [0.05, 0.1) is 6.10 Å². The number of aliphatic hydroxyl groups is 1. The van der Waals surface area contributed by atoms with Crippen molar-refractivity contribution in [2.24, 2.45) is 5.41 Å². The van der Waals surface area contributed by atoms with Crippen LogP contribution in [0.2, 0.25) is 0 Å². The van der Waals surface area contributed by atoms with Crippen molar-refractivity contribution in [2.75, 3.05) is 0 Å². The second kappa shape index (κ2) is 6.21. The molecule has 1 N–H and O–H groups in total. The Morgan fingerprint density at radius 2 is 1.73 bits per heavy atom. The molecule has 0 saturated heterocycles. The van der Waals surface area contributed by atoms with Crippen LogP contribution in [0.5, 0.6) is 0 Å². The van der Waals surface area contributed by atoms with Crippen molar-refractivity contribution in [3.05, 3.63) is 58.9 Å². The fraction of sp³-hybridized carbons (Fsp3) is 0.400. The molecule has 0 heterocycles. The summed E-state index contributed by atoms with van der Waals surface area (Å²) >= 11 is 0. The van der Waals surface area contributed by atoms with Crippen molar-refractivity contribution in [3.63, 3.8) is 0 Å². The minimum atomic E-state index is -0.645. The first-order chi connectivity index (χ1) is 10.2. The van der Waals surface area contributed by atoms with E-state index >= 15 is 0 Å². The van der Waals surface area contributed by atoms with Gasteiger partial charge in [0.25, 0.3) is 0 Å². The Bertz CT molecular complexity index is 668. The van der Waals surface area contributed by atoms with Gasteiger partial charge in [0.15, 0.2) is 0 Å². The highest BCUT2D eigenvalue weighted by molar-refractivity contribution is 5.70. The summed E-state index contributed by atoms with van der Waals surface area (Å²) in [5, 5.41) is 10.8. The molecule has 0 aromatic heterocycles. The quantitative estimate of drug-likeness (QED) is 0.800. The lowest BCUT2D eigenvalue weighted by Crippen LogP contribution is -2.19. The lowest BCUT2D eigenvalue weighted by Gasteiger charge is -2.28. The predicted molar refractivity (Wildman–Crippen MR) is 90.4 cm³/mol. The highest BCUT2D eigenvalue weighted by Gasteiger charge is 2.27. The smallest absolute Gasteiger partial charge is 0.131 e. The predicted octanol–water partition coefficient (Wildman–Crippen LogP) is 5.44. The molecule has 2 aromatic rings. The number of aryl methyl sites for hydroxylation is 2. The number of halogens is 1. The van der Waals surface area contributed by atoms with E-state index in [9.17, 15) is 9.50 Å². The van der Waals surface area contributed by atoms with Crippen LogP contribution < -0.4 is 0 Å². The molecule has 1 atom stereocenters. The van der Waals surface area contributed by atoms with E-state index in [0.717, 1.165) is 28.7 Å². The number of hydrogen-bond acceptors (Lipinski definition) is 1. The van der Waals surface area contributed by atoms with E-state index in [1.165, 1.54) is 6.07 Å². The van der Waals surface area contributed by atoms with E-state index in [1.54, 1.807) is 6.07 Å². The maximum Gasteiger partial charge on any atom is 0.131 e. The fourth-order valence-electron chi connectivity index (χ4n) is 2.62. The largest absolute Gasteiger partial charge is 0.388 e. The molecule has 0 radical (unpaired) electrons. The zero-order valence-electron chi connectivity index (χ0n) is 14.1. The van der Waals surface area contributed by atoms with Crippen molar-refractivity contribution >= 4 is 0 Å². The summed E-state index contributed by atoms with van der Waals surface area (Å²) in [5.74, 6) is -0.253. The van der Waals surface area contributed by atoms with Crippen molar-refractivity contribution in [1.82, 2.24) is 0 Å². The maximum absolute atomic E-state index is 14.3. The zero-order valence-corrected chi connectivity index (χ0v) is 14.1. The number of benzene rings is 2. The van der Waals surface area contributed by atoms with Crippen LogP contribution in [0.15, 0.2) is 36.4 Å². The van der Waals surface area contributed by atoms with Gasteiger partial charge in [-0.15, -0.1) is 0 Å². The molecule has 0 amide bonds. The summed E-state index contributed by atoms with van der Waals surface area (Å²) in [6.45, 7) is 10.0. The van der Waals surface area contributed by atoms with Crippen molar-refractivity contribution in [3.8, 4) is 11.1 Å². The van der Waals surface area contributed by atoms with Gasteiger partial charge in [0.1, 0.15) is 5.82 Å². The van der Waals surface area contributed by atoms with Gasteiger partial charge in [0, 0.05) is 5.56 Å². The minimum Gasteiger partial charge on any atom is -0.388 e. The molecule has 0 aliphatic heterocycles. The van der Waals surface area contributed by atoms with Crippen LogP contribution >= 0.6 is 0 Å². The summed E-state index contributed by atoms with van der Waals surface area (Å²) in [7, 11) is 0. The van der Waals surface area contributed by atoms with Crippen LogP contribution in [0.3, 0.4) is 0 Å². The summed E-state index contributed by atoms with van der Waals surface area (Å²) in [6.07, 6.45) is 0.245. The number of hydrogen-bond donors (Lipinski definition) is 1. The SMILES string of the molecule is CCc1ccc(-c2cc(C)ccc2F)c(C(O)C(C)(C)C)c1. The second-order valence-electron chi connectivity index (χ2n) is 7.03. The summed E-state index contributed by atoms with van der Waals surface area (Å²) < 4.78 is 14.3. The Balaban J connectivity index is 2.68. The summed E-state index contributed by atoms with van der Waals surface area (Å²) in [4.78, 5) is 0. The van der Waals surface area contributed by atoms with Gasteiger partial charge < -0.3 is 5.11 Å². The average Bonchev–Trinajstić information content (AvgIpc) is 2.47. The third kappa shape index (κ3) is 3.38. The second-order valence-corrected chi connectivity index (χ2v) is 7.03. The van der Waals surface area contributed by atoms with Gasteiger partial charge >= 0.3 is 0 Å². The lowest BCUT2D eigenvalue weighted by atomic mass is 9.81. The van der Waals surface area contributed by atoms with Crippen molar-refractivity contribution < 1.29 is 9.50 Å². The van der Waals surface area contributed by atoms with Crippen LogP contribution in [0.1, 0.15) is 50.5 Å². The zero-order chi connectivity index (χ0) is 16.5. The van der Waals surface area contributed by atoms with Crippen LogP contribution in [0.25, 0.3) is 11.1 Å². The van der Waals surface area contributed by atoms with Crippen LogP contribution in [-0.4, -0.2) is 5.11 Å². The molecule has 0 saturated carbocycles. The van der Waals surface area contributed by atoms with Gasteiger partial charge in [0.2, 0.25) is 0 Å². The molecule has 0 spiro atoms. The van der Waals surface area contributed by atoms with Gasteiger partial charge in [-0.05, 0) is 47.6 Å². The molecular weight excluding hydrogens is 275 g/mol. The Hall–Kier alpha value is -1.67. The Morgan fingerprint density at radius 3 is 2.32 bits per heavy atom. The molecule has 1 unspecified atom stereocenters. The van der Waals surface area contributed by atoms with Crippen LogP contribution in [0, 0.1) is 18.2 Å². The van der Waals surface area contributed by atoms with E-state index < -0.39 is 6.10 Å². The van der Waals surface area contributed by atoms with Gasteiger partial charge in [-0.2, -0.15) is 0 Å². The highest BCUT2D eigenvalue weighted by Crippen LogP contribution is 2.39. The standard InChI is InChI=1S/C20H25FO/c1-6-14-8-9-15(16-11-13(2)7-10-18(16)21)17(12-14)19(22)20(3,4)5/h7-12,19,22H,6H2,1-5H3. The maximum atomic E-state index is 14.3. The Labute approximate surface area is 132 Å². The first kappa shape index (κ1) is 16.7. The first-order valence-corrected chi connectivity index (χ1v) is 7.81. The fourth-order valence-corrected chi connectivity index (χ4v) is 2.62. The first-order valence-electron chi connectivity index (χ1n) is 7.81. The normalized spacial score (nSPS) is 13.2. The molecule has 2 aromatic carbocycles. The van der Waals surface area contributed by atoms with E-state index in [1.807, 2.05) is 52.0 Å². The van der Waals surface area contributed by atoms with Crippen molar-refractivity contribution in [2.45, 2.75) is 47.1 Å². The third-order valence-electron chi connectivity index (χ3n) is 4.05. The van der Waals surface area contributed by atoms with E-state index in [0.29, 0.717) is 5.56 Å². The van der Waals surface area contributed by atoms with Crippen molar-refractivity contribution in [1.29, 1.82) is 0 Å². The molecule has 0 aliphatic carbocycles. The molecule has 0 fully saturated rings. The van der Waals surface area contributed by atoms with E-state index in [-0.39, 0.29) is 11.2 Å². The van der Waals surface area contributed by atoms with E-state index in [2.05, 4.69) is 6.92 Å². The molecule has 1 nitrogen and oxygen atoms in total. The molecule has 2 heteroatoms. The summed E-state index contributed by atoms with van der Waals surface area (Å²) in [6, 6.07) is 11.0. The molecule has 22 heavy (non-hydrogen) atoms. The topological polar surface area (TPSA) is 20.2 Å². The highest BCUT2D eigenvalue weighted by atomic mass is 19.1. The van der Waals surface area contributed by atoms with Crippen LogP contribution in [-0.2, 0) is 6.42 Å². The molecular formula is C20H25FO. The average molecular weight is 300 g/mol. The van der Waals surface area contributed by atoms with Gasteiger partial charge in [-0.1, -0.05) is 57.5 Å². The minimum absolute atomic E-state index is 0.253. The molecule has 118 valence electrons. The van der Waals surface area contributed by atoms with Gasteiger partial charge in [-0.3, -0.25) is 0 Å². The number of aliphatic hydroxyl groups excluding tert-OH is 1. The van der Waals surface area contributed by atoms with Crippen LogP contribution in [0.4, 0.5) is 4.39 Å². The number of rotatable bonds is 3. The van der Waals surface area contributed by atoms with Gasteiger partial charge in [-0.25, -0.2) is 4.39 Å². The molecule has 0 aliphatic rings. The Kier molecular flexibility index (Phi) is 4.72. The molecule has 2 rings (SSSR count). The monoisotopic (exact) mass is 300 g/mol. The summed E-state index contributed by atoms with van der Waals surface area (Å²) in [5.41, 5.74) is 3.99. The third-order valence-corrected chi connectivity index (χ3v) is 4.05. The molecule has 0 bridgehead atoms.